The fourth-order valence-electron chi connectivity index (χ4n) is 2.24. The first-order chi connectivity index (χ1) is 9.09. The van der Waals surface area contributed by atoms with Crippen molar-refractivity contribution >= 4 is 0 Å². The summed E-state index contributed by atoms with van der Waals surface area (Å²) in [6.07, 6.45) is 0. The van der Waals surface area contributed by atoms with Gasteiger partial charge < -0.3 is 9.47 Å². The summed E-state index contributed by atoms with van der Waals surface area (Å²) in [7, 11) is 0. The van der Waals surface area contributed by atoms with Crippen LogP contribution in [0.5, 0.6) is 5.75 Å². The van der Waals surface area contributed by atoms with Crippen molar-refractivity contribution in [1.82, 2.24) is 4.90 Å². The van der Waals surface area contributed by atoms with Gasteiger partial charge in [0, 0.05) is 25.2 Å². The highest BCUT2D eigenvalue weighted by atomic mass is 19.1. The van der Waals surface area contributed by atoms with Gasteiger partial charge in [-0.2, -0.15) is 0 Å². The molecular weight excluding hydrogens is 245 g/mol. The molecule has 0 aliphatic carbocycles. The van der Waals surface area contributed by atoms with Crippen LogP contribution in [0.3, 0.4) is 0 Å². The van der Waals surface area contributed by atoms with Crippen LogP contribution in [0.15, 0.2) is 6.07 Å². The number of nitrogens with zero attached hydrogens (tertiary/aromatic N) is 1. The molecule has 0 saturated carbocycles. The SMILES string of the molecule is Cc1cc(OCCN2CCOCC2)c(C)c(F)c1C. The maximum absolute atomic E-state index is 13.9. The molecule has 4 heteroatoms. The summed E-state index contributed by atoms with van der Waals surface area (Å²) in [5, 5.41) is 0. The van der Waals surface area contributed by atoms with Gasteiger partial charge in [-0.15, -0.1) is 0 Å². The van der Waals surface area contributed by atoms with Crippen LogP contribution in [0.1, 0.15) is 16.7 Å². The molecule has 0 unspecified atom stereocenters. The lowest BCUT2D eigenvalue weighted by Crippen LogP contribution is -2.38. The second-order valence-electron chi connectivity index (χ2n) is 5.06. The number of benzene rings is 1. The molecule has 0 atom stereocenters. The van der Waals surface area contributed by atoms with E-state index in [2.05, 4.69) is 4.90 Å². The van der Waals surface area contributed by atoms with Crippen LogP contribution in [0, 0.1) is 26.6 Å². The predicted molar refractivity (Wildman–Crippen MR) is 73.4 cm³/mol. The van der Waals surface area contributed by atoms with Crippen LogP contribution in [0.2, 0.25) is 0 Å². The third-order valence-corrected chi connectivity index (χ3v) is 3.74. The average molecular weight is 267 g/mol. The van der Waals surface area contributed by atoms with Crippen molar-refractivity contribution in [2.75, 3.05) is 39.5 Å². The first-order valence-electron chi connectivity index (χ1n) is 6.79. The molecule has 1 heterocycles. The molecule has 0 N–H and O–H groups in total. The summed E-state index contributed by atoms with van der Waals surface area (Å²) in [5.74, 6) is 0.509. The van der Waals surface area contributed by atoms with Crippen molar-refractivity contribution in [2.45, 2.75) is 20.8 Å². The number of morpholine rings is 1. The Kier molecular flexibility index (Phi) is 4.77. The lowest BCUT2D eigenvalue weighted by atomic mass is 10.0. The van der Waals surface area contributed by atoms with Crippen molar-refractivity contribution in [3.63, 3.8) is 0 Å². The quantitative estimate of drug-likeness (QED) is 0.836. The number of hydrogen-bond acceptors (Lipinski definition) is 3. The molecule has 0 aromatic heterocycles. The highest BCUT2D eigenvalue weighted by molar-refractivity contribution is 5.42. The Morgan fingerprint density at radius 1 is 1.21 bits per heavy atom. The number of halogens is 1. The maximum Gasteiger partial charge on any atom is 0.132 e. The first-order valence-corrected chi connectivity index (χ1v) is 6.79. The Morgan fingerprint density at radius 3 is 2.58 bits per heavy atom. The minimum Gasteiger partial charge on any atom is -0.492 e. The van der Waals surface area contributed by atoms with E-state index >= 15 is 0 Å². The van der Waals surface area contributed by atoms with Crippen LogP contribution in [0.25, 0.3) is 0 Å². The Morgan fingerprint density at radius 2 is 1.89 bits per heavy atom. The third kappa shape index (κ3) is 3.45. The van der Waals surface area contributed by atoms with E-state index in [0.29, 0.717) is 23.5 Å². The normalized spacial score (nSPS) is 16.6. The fourth-order valence-corrected chi connectivity index (χ4v) is 2.24. The summed E-state index contributed by atoms with van der Waals surface area (Å²) in [6.45, 7) is 10.4. The Hall–Kier alpha value is -1.13. The standard InChI is InChI=1S/C15H22FNO2/c1-11-10-14(13(3)15(16)12(11)2)19-9-6-17-4-7-18-8-5-17/h10H,4-9H2,1-3H3. The topological polar surface area (TPSA) is 21.7 Å². The van der Waals surface area contributed by atoms with Gasteiger partial charge in [0.05, 0.1) is 13.2 Å². The summed E-state index contributed by atoms with van der Waals surface area (Å²) >= 11 is 0. The lowest BCUT2D eigenvalue weighted by Gasteiger charge is -2.26. The van der Waals surface area contributed by atoms with E-state index in [1.54, 1.807) is 13.8 Å². The number of hydrogen-bond donors (Lipinski definition) is 0. The molecule has 1 fully saturated rings. The van der Waals surface area contributed by atoms with E-state index in [4.69, 9.17) is 9.47 Å². The van der Waals surface area contributed by atoms with Gasteiger partial charge in [0.25, 0.3) is 0 Å². The highest BCUT2D eigenvalue weighted by Gasteiger charge is 2.13. The van der Waals surface area contributed by atoms with Gasteiger partial charge in [-0.1, -0.05) is 0 Å². The van der Waals surface area contributed by atoms with Gasteiger partial charge in [-0.3, -0.25) is 4.90 Å². The largest absolute Gasteiger partial charge is 0.492 e. The molecule has 1 aromatic rings. The summed E-state index contributed by atoms with van der Waals surface area (Å²) < 4.78 is 25.0. The van der Waals surface area contributed by atoms with Crippen molar-refractivity contribution in [2.24, 2.45) is 0 Å². The molecule has 3 nitrogen and oxygen atoms in total. The number of ether oxygens (including phenoxy) is 2. The zero-order chi connectivity index (χ0) is 13.8. The van der Waals surface area contributed by atoms with E-state index in [-0.39, 0.29) is 5.82 Å². The molecule has 106 valence electrons. The molecule has 1 aromatic carbocycles. The maximum atomic E-state index is 13.9. The third-order valence-electron chi connectivity index (χ3n) is 3.74. The van der Waals surface area contributed by atoms with Gasteiger partial charge in [-0.05, 0) is 38.0 Å². The van der Waals surface area contributed by atoms with Crippen molar-refractivity contribution in [3.8, 4) is 5.75 Å². The second-order valence-corrected chi connectivity index (χ2v) is 5.06. The smallest absolute Gasteiger partial charge is 0.132 e. The fraction of sp³-hybridized carbons (Fsp3) is 0.600. The van der Waals surface area contributed by atoms with Crippen LogP contribution >= 0.6 is 0 Å². The molecule has 0 bridgehead atoms. The first kappa shape index (κ1) is 14.3. The van der Waals surface area contributed by atoms with E-state index in [0.717, 1.165) is 38.4 Å². The molecule has 1 aliphatic heterocycles. The Bertz CT molecular complexity index is 442. The Labute approximate surface area is 114 Å². The second kappa shape index (κ2) is 6.35. The van der Waals surface area contributed by atoms with Crippen LogP contribution in [-0.2, 0) is 4.74 Å². The van der Waals surface area contributed by atoms with Crippen LogP contribution in [0.4, 0.5) is 4.39 Å². The van der Waals surface area contributed by atoms with Crippen LogP contribution in [-0.4, -0.2) is 44.4 Å². The van der Waals surface area contributed by atoms with Gasteiger partial charge >= 0.3 is 0 Å². The molecular formula is C15H22FNO2. The minimum atomic E-state index is -0.152. The highest BCUT2D eigenvalue weighted by Crippen LogP contribution is 2.26. The molecule has 0 radical (unpaired) electrons. The van der Waals surface area contributed by atoms with Gasteiger partial charge in [0.1, 0.15) is 18.2 Å². The molecule has 0 amide bonds. The molecule has 1 saturated heterocycles. The van der Waals surface area contributed by atoms with Gasteiger partial charge in [0.15, 0.2) is 0 Å². The van der Waals surface area contributed by atoms with Crippen LogP contribution < -0.4 is 4.74 Å². The average Bonchev–Trinajstić information content (AvgIpc) is 2.43. The van der Waals surface area contributed by atoms with E-state index in [1.165, 1.54) is 0 Å². The molecule has 2 rings (SSSR count). The van der Waals surface area contributed by atoms with Gasteiger partial charge in [0.2, 0.25) is 0 Å². The van der Waals surface area contributed by atoms with Crippen molar-refractivity contribution in [3.05, 3.63) is 28.6 Å². The minimum absolute atomic E-state index is 0.152. The predicted octanol–water partition coefficient (Wildman–Crippen LogP) is 2.46. The molecule has 19 heavy (non-hydrogen) atoms. The monoisotopic (exact) mass is 267 g/mol. The van der Waals surface area contributed by atoms with Crippen molar-refractivity contribution < 1.29 is 13.9 Å². The van der Waals surface area contributed by atoms with E-state index in [9.17, 15) is 4.39 Å². The summed E-state index contributed by atoms with van der Waals surface area (Å²) in [6, 6.07) is 1.92. The van der Waals surface area contributed by atoms with Gasteiger partial charge in [-0.25, -0.2) is 4.39 Å². The number of rotatable bonds is 4. The zero-order valence-corrected chi connectivity index (χ0v) is 12.0. The summed E-state index contributed by atoms with van der Waals surface area (Å²) in [4.78, 5) is 2.30. The van der Waals surface area contributed by atoms with E-state index in [1.807, 2.05) is 13.0 Å². The number of aryl methyl sites for hydroxylation is 1. The molecule has 0 spiro atoms. The van der Waals surface area contributed by atoms with Crippen molar-refractivity contribution in [1.29, 1.82) is 0 Å². The molecule has 1 aliphatic rings. The summed E-state index contributed by atoms with van der Waals surface area (Å²) in [5.41, 5.74) is 2.24. The zero-order valence-electron chi connectivity index (χ0n) is 12.0. The Balaban J connectivity index is 1.92. The van der Waals surface area contributed by atoms with E-state index < -0.39 is 0 Å². The lowest BCUT2D eigenvalue weighted by molar-refractivity contribution is 0.0322.